The van der Waals surface area contributed by atoms with Crippen LogP contribution in [0.3, 0.4) is 0 Å². The van der Waals surface area contributed by atoms with E-state index in [1.807, 2.05) is 58.1 Å². The monoisotopic (exact) mass is 1050 g/mol. The number of piperidine rings is 1. The molecule has 414 valence electrons. The number of ether oxygens (including phenoxy) is 6. The number of ketones is 3. The third kappa shape index (κ3) is 17.7. The standard InChI is InChI=1S/C55H88NO16P/c1-34-18-14-13-15-19-35(2)46(66-9)32-42-23-21-40(7)55(63,71-42)52(60)53(61)56-25-17-16-20-43(56)54(62)70-47(33-44(57)36(3)29-39(6)50(59)51(68-11)49(58)38(5)28-34)37(4)30-41-22-24-45(48(31-41)67-10)72-73(12,64)69-27-26-65-8/h13-15,18-19,29,34,36-38,40-43,45-48,50-51,59,63H,16-17,20-28,30-33H2,1-12H3/t34-,36-,37-,38-,40-,41?,42+,43?,45-,46+,47?,48-,50-,51+,55-,73?/m1/s1. The van der Waals surface area contributed by atoms with Crippen molar-refractivity contribution in [1.82, 2.24) is 4.90 Å². The number of rotatable bonds is 12. The number of esters is 1. The van der Waals surface area contributed by atoms with Crippen LogP contribution >= 0.6 is 7.60 Å². The third-order valence-corrected chi connectivity index (χ3v) is 16.7. The van der Waals surface area contributed by atoms with Crippen molar-refractivity contribution < 1.29 is 76.2 Å². The van der Waals surface area contributed by atoms with Gasteiger partial charge in [0, 0.05) is 72.2 Å². The number of cyclic esters (lactones) is 1. The third-order valence-electron chi connectivity index (χ3n) is 15.4. The molecule has 4 rings (SSSR count). The van der Waals surface area contributed by atoms with E-state index in [1.165, 1.54) is 25.8 Å². The molecular weight excluding hydrogens is 962 g/mol. The molecule has 0 spiro atoms. The fraction of sp³-hybridized carbons (Fsp3) is 0.764. The molecule has 1 saturated carbocycles. The highest BCUT2D eigenvalue weighted by molar-refractivity contribution is 7.53. The summed E-state index contributed by atoms with van der Waals surface area (Å²) >= 11 is 0. The van der Waals surface area contributed by atoms with Crippen molar-refractivity contribution in [1.29, 1.82) is 0 Å². The molecule has 2 N–H and O–H groups in total. The minimum atomic E-state index is -3.43. The zero-order valence-corrected chi connectivity index (χ0v) is 46.6. The van der Waals surface area contributed by atoms with E-state index in [0.29, 0.717) is 69.8 Å². The fourth-order valence-electron chi connectivity index (χ4n) is 10.8. The first-order valence-electron chi connectivity index (χ1n) is 26.4. The lowest BCUT2D eigenvalue weighted by Crippen LogP contribution is -2.61. The molecule has 0 aromatic carbocycles. The van der Waals surface area contributed by atoms with Crippen molar-refractivity contribution in [2.24, 2.45) is 35.5 Å². The Morgan fingerprint density at radius 1 is 0.849 bits per heavy atom. The summed E-state index contributed by atoms with van der Waals surface area (Å²) in [5.41, 5.74) is 1.24. The van der Waals surface area contributed by atoms with Gasteiger partial charge in [0.1, 0.15) is 30.1 Å². The summed E-state index contributed by atoms with van der Waals surface area (Å²) in [5, 5.41) is 23.5. The van der Waals surface area contributed by atoms with Gasteiger partial charge in [-0.05, 0) is 107 Å². The van der Waals surface area contributed by atoms with Crippen LogP contribution in [0.4, 0.5) is 0 Å². The highest BCUT2D eigenvalue weighted by Crippen LogP contribution is 2.48. The number of methoxy groups -OCH3 is 4. The molecule has 0 radical (unpaired) electrons. The van der Waals surface area contributed by atoms with E-state index in [4.69, 9.17) is 37.5 Å². The molecule has 2 bridgehead atoms. The Balaban J connectivity index is 1.68. The predicted molar refractivity (Wildman–Crippen MR) is 275 cm³/mol. The van der Waals surface area contributed by atoms with Crippen molar-refractivity contribution in [2.75, 3.05) is 54.9 Å². The van der Waals surface area contributed by atoms with Gasteiger partial charge < -0.3 is 52.6 Å². The fourth-order valence-corrected chi connectivity index (χ4v) is 12.0. The van der Waals surface area contributed by atoms with E-state index in [-0.39, 0.29) is 56.0 Å². The van der Waals surface area contributed by atoms with Gasteiger partial charge in [-0.25, -0.2) is 4.79 Å². The van der Waals surface area contributed by atoms with Crippen molar-refractivity contribution >= 4 is 36.8 Å². The Kier molecular flexibility index (Phi) is 25.0. The summed E-state index contributed by atoms with van der Waals surface area (Å²) in [6.07, 6.45) is 10.6. The van der Waals surface area contributed by atoms with Crippen LogP contribution in [0.1, 0.15) is 126 Å². The summed E-state index contributed by atoms with van der Waals surface area (Å²) in [4.78, 5) is 72.5. The molecule has 3 fully saturated rings. The minimum Gasteiger partial charge on any atom is -0.460 e. The van der Waals surface area contributed by atoms with Crippen LogP contribution in [0.15, 0.2) is 47.6 Å². The number of carbonyl (C=O) groups is 5. The van der Waals surface area contributed by atoms with Crippen LogP contribution in [0.2, 0.25) is 0 Å². The van der Waals surface area contributed by atoms with Gasteiger partial charge in [-0.15, -0.1) is 0 Å². The normalized spacial score (nSPS) is 35.9. The summed E-state index contributed by atoms with van der Waals surface area (Å²) in [6.45, 7) is 14.5. The zero-order valence-electron chi connectivity index (χ0n) is 45.7. The summed E-state index contributed by atoms with van der Waals surface area (Å²) in [5.74, 6) is -8.35. The summed E-state index contributed by atoms with van der Waals surface area (Å²) < 4.78 is 59.5. The molecule has 18 heteroatoms. The highest BCUT2D eigenvalue weighted by atomic mass is 31.2. The van der Waals surface area contributed by atoms with Crippen LogP contribution in [0, 0.1) is 35.5 Å². The molecule has 16 atom stereocenters. The number of aliphatic hydroxyl groups is 2. The van der Waals surface area contributed by atoms with Crippen molar-refractivity contribution in [3.05, 3.63) is 47.6 Å². The average molecular weight is 1050 g/mol. The van der Waals surface area contributed by atoms with E-state index in [9.17, 15) is 38.8 Å². The van der Waals surface area contributed by atoms with Crippen LogP contribution in [0.25, 0.3) is 0 Å². The van der Waals surface area contributed by atoms with Crippen molar-refractivity contribution in [3.63, 3.8) is 0 Å². The topological polar surface area (TPSA) is 220 Å². The Labute approximate surface area is 434 Å². The molecule has 4 unspecified atom stereocenters. The Hall–Kier alpha value is -3.22. The quantitative estimate of drug-likeness (QED) is 0.0629. The molecule has 0 aromatic rings. The molecule has 3 aliphatic heterocycles. The van der Waals surface area contributed by atoms with Crippen molar-refractivity contribution in [3.8, 4) is 0 Å². The van der Waals surface area contributed by atoms with Crippen LogP contribution < -0.4 is 0 Å². The first kappa shape index (κ1) is 62.3. The summed E-state index contributed by atoms with van der Waals surface area (Å²) in [7, 11) is 2.60. The number of nitrogens with zero attached hydrogens (tertiary/aromatic N) is 1. The number of hydrogen-bond donors (Lipinski definition) is 2. The van der Waals surface area contributed by atoms with Gasteiger partial charge in [-0.1, -0.05) is 71.1 Å². The molecule has 1 aliphatic carbocycles. The zero-order chi connectivity index (χ0) is 54.2. The molecular formula is C55H88NO16P. The van der Waals surface area contributed by atoms with E-state index < -0.39 is 103 Å². The second kappa shape index (κ2) is 29.3. The number of carbonyl (C=O) groups excluding carboxylic acids is 5. The van der Waals surface area contributed by atoms with E-state index in [1.54, 1.807) is 41.1 Å². The number of amides is 1. The second-order valence-electron chi connectivity index (χ2n) is 21.3. The van der Waals surface area contributed by atoms with Crippen LogP contribution in [-0.2, 0) is 66.0 Å². The minimum absolute atomic E-state index is 0.00279. The molecule has 3 heterocycles. The molecule has 73 heavy (non-hydrogen) atoms. The van der Waals surface area contributed by atoms with Gasteiger partial charge in [0.15, 0.2) is 5.78 Å². The Morgan fingerprint density at radius 3 is 2.25 bits per heavy atom. The van der Waals surface area contributed by atoms with Crippen LogP contribution in [-0.4, -0.2) is 154 Å². The second-order valence-corrected chi connectivity index (χ2v) is 23.3. The smallest absolute Gasteiger partial charge is 0.329 e. The largest absolute Gasteiger partial charge is 0.460 e. The van der Waals surface area contributed by atoms with Gasteiger partial charge in [-0.2, -0.15) is 0 Å². The first-order chi connectivity index (χ1) is 34.5. The lowest BCUT2D eigenvalue weighted by molar-refractivity contribution is -0.265. The predicted octanol–water partition coefficient (Wildman–Crippen LogP) is 7.69. The molecule has 0 aromatic heterocycles. The van der Waals surface area contributed by atoms with Gasteiger partial charge in [0.25, 0.3) is 11.7 Å². The molecule has 4 aliphatic rings. The van der Waals surface area contributed by atoms with E-state index >= 15 is 0 Å². The van der Waals surface area contributed by atoms with Gasteiger partial charge in [0.05, 0.1) is 37.6 Å². The van der Waals surface area contributed by atoms with Gasteiger partial charge >= 0.3 is 13.6 Å². The number of fused-ring (bicyclic) bond motifs is 3. The Bertz CT molecular complexity index is 2020. The van der Waals surface area contributed by atoms with E-state index in [2.05, 4.69) is 0 Å². The van der Waals surface area contributed by atoms with Gasteiger partial charge in [-0.3, -0.25) is 23.7 Å². The molecule has 17 nitrogen and oxygen atoms in total. The van der Waals surface area contributed by atoms with Crippen LogP contribution in [0.5, 0.6) is 0 Å². The maximum absolute atomic E-state index is 14.6. The van der Waals surface area contributed by atoms with E-state index in [0.717, 1.165) is 5.57 Å². The number of aliphatic hydroxyl groups excluding tert-OH is 1. The average Bonchev–Trinajstić information content (AvgIpc) is 3.35. The number of hydrogen-bond acceptors (Lipinski definition) is 16. The summed E-state index contributed by atoms with van der Waals surface area (Å²) in [6, 6.07) is -1.18. The maximum Gasteiger partial charge on any atom is 0.329 e. The SMILES string of the molecule is COCCOP(C)(=O)O[C@@H]1CCC(C[C@@H](C)C2CC(=O)[C@H](C)C=C(C)[C@@H](O)[C@@H](OC)C(=O)[C@H](C)C[C@H](C)C=CC=CC=C(C)[C@@H](OC)C[C@@H]3CC[C@@H](C)[C@@](O)(O3)C(=O)C(=O)N3CCCCC3C(=O)O2)C[C@H]1OC. The lowest BCUT2D eigenvalue weighted by Gasteiger charge is -2.42. The first-order valence-corrected chi connectivity index (χ1v) is 28.4. The lowest BCUT2D eigenvalue weighted by atomic mass is 9.78. The van der Waals surface area contributed by atoms with Crippen molar-refractivity contribution in [2.45, 2.75) is 180 Å². The number of allylic oxidation sites excluding steroid dienone is 6. The molecule has 1 amide bonds. The number of Topliss-reactive ketones (excluding diaryl/α,β-unsaturated/α-hetero) is 3. The highest BCUT2D eigenvalue weighted by Gasteiger charge is 2.53. The molecule has 2 saturated heterocycles. The Morgan fingerprint density at radius 2 is 1.58 bits per heavy atom. The van der Waals surface area contributed by atoms with Gasteiger partial charge in [0.2, 0.25) is 5.79 Å². The maximum atomic E-state index is 14.6.